The van der Waals surface area contributed by atoms with E-state index in [0.29, 0.717) is 17.0 Å². The van der Waals surface area contributed by atoms with E-state index in [9.17, 15) is 4.79 Å². The molecule has 144 valence electrons. The van der Waals surface area contributed by atoms with Crippen LogP contribution in [0, 0.1) is 6.92 Å². The second kappa shape index (κ2) is 8.56. The predicted molar refractivity (Wildman–Crippen MR) is 110 cm³/mol. The van der Waals surface area contributed by atoms with Gasteiger partial charge in [0, 0.05) is 24.0 Å². The van der Waals surface area contributed by atoms with Gasteiger partial charge in [0.05, 0.1) is 11.4 Å². The Hall–Kier alpha value is -2.67. The van der Waals surface area contributed by atoms with Gasteiger partial charge in [0.15, 0.2) is 11.0 Å². The number of nitrogens with one attached hydrogen (secondary N) is 1. The van der Waals surface area contributed by atoms with E-state index in [2.05, 4.69) is 33.5 Å². The zero-order chi connectivity index (χ0) is 19.3. The van der Waals surface area contributed by atoms with E-state index in [1.165, 1.54) is 24.6 Å². The first kappa shape index (κ1) is 18.7. The van der Waals surface area contributed by atoms with Gasteiger partial charge >= 0.3 is 0 Å². The van der Waals surface area contributed by atoms with Crippen molar-refractivity contribution in [2.75, 3.05) is 5.75 Å². The summed E-state index contributed by atoms with van der Waals surface area (Å²) < 4.78 is 2.01. The molecule has 0 saturated heterocycles. The summed E-state index contributed by atoms with van der Waals surface area (Å²) in [6, 6.07) is 12.3. The van der Waals surface area contributed by atoms with E-state index in [-0.39, 0.29) is 5.91 Å². The molecule has 0 aliphatic heterocycles. The maximum atomic E-state index is 12.4. The molecule has 0 atom stereocenters. The number of carbonyl (C=O) groups excluding carboxylic acids is 1. The van der Waals surface area contributed by atoms with Crippen LogP contribution in [0.4, 0.5) is 0 Å². The van der Waals surface area contributed by atoms with Crippen molar-refractivity contribution in [1.82, 2.24) is 25.1 Å². The Morgan fingerprint density at radius 3 is 2.75 bits per heavy atom. The van der Waals surface area contributed by atoms with Crippen molar-refractivity contribution in [1.29, 1.82) is 0 Å². The molecular formula is C21H23N5OS. The Kier molecular flexibility index (Phi) is 5.71. The first-order valence-electron chi connectivity index (χ1n) is 9.56. The first-order chi connectivity index (χ1) is 13.7. The van der Waals surface area contributed by atoms with Gasteiger partial charge in [-0.05, 0) is 43.5 Å². The highest BCUT2D eigenvalue weighted by atomic mass is 32.2. The SMILES string of the molecule is Cc1ccccc1-n1c(SCC(=O)NC2CCCC2)nnc1-c1cccnc1. The Morgan fingerprint density at radius 2 is 2.00 bits per heavy atom. The van der Waals surface area contributed by atoms with E-state index in [4.69, 9.17) is 0 Å². The molecule has 28 heavy (non-hydrogen) atoms. The van der Waals surface area contributed by atoms with Gasteiger partial charge in [0.1, 0.15) is 0 Å². The van der Waals surface area contributed by atoms with Crippen molar-refractivity contribution < 1.29 is 4.79 Å². The predicted octanol–water partition coefficient (Wildman–Crippen LogP) is 3.79. The molecule has 1 aliphatic rings. The lowest BCUT2D eigenvalue weighted by atomic mass is 10.2. The number of amides is 1. The van der Waals surface area contributed by atoms with Gasteiger partial charge < -0.3 is 5.32 Å². The quantitative estimate of drug-likeness (QED) is 0.645. The normalized spacial score (nSPS) is 14.3. The van der Waals surface area contributed by atoms with Crippen LogP contribution >= 0.6 is 11.8 Å². The summed E-state index contributed by atoms with van der Waals surface area (Å²) in [4.78, 5) is 16.6. The number of hydrogen-bond donors (Lipinski definition) is 1. The fraction of sp³-hybridized carbons (Fsp3) is 0.333. The van der Waals surface area contributed by atoms with Crippen molar-refractivity contribution in [2.45, 2.75) is 43.8 Å². The molecule has 2 heterocycles. The number of nitrogens with zero attached hydrogens (tertiary/aromatic N) is 4. The average molecular weight is 394 g/mol. The van der Waals surface area contributed by atoms with Crippen LogP contribution in [0.15, 0.2) is 53.9 Å². The van der Waals surface area contributed by atoms with Gasteiger partial charge in [0.25, 0.3) is 0 Å². The Morgan fingerprint density at radius 1 is 1.18 bits per heavy atom. The van der Waals surface area contributed by atoms with Gasteiger partial charge in [-0.3, -0.25) is 14.3 Å². The molecule has 1 amide bonds. The van der Waals surface area contributed by atoms with E-state index in [1.54, 1.807) is 12.4 Å². The van der Waals surface area contributed by atoms with Crippen molar-refractivity contribution in [3.63, 3.8) is 0 Å². The van der Waals surface area contributed by atoms with Gasteiger partial charge in [-0.25, -0.2) is 0 Å². The topological polar surface area (TPSA) is 72.7 Å². The standard InChI is InChI=1S/C21H23N5OS/c1-15-7-2-5-11-18(15)26-20(16-8-6-12-22-13-16)24-25-21(26)28-14-19(27)23-17-9-3-4-10-17/h2,5-8,11-13,17H,3-4,9-10,14H2,1H3,(H,23,27). The summed E-state index contributed by atoms with van der Waals surface area (Å²) in [6.07, 6.45) is 8.09. The van der Waals surface area contributed by atoms with Crippen molar-refractivity contribution in [3.8, 4) is 17.1 Å². The van der Waals surface area contributed by atoms with E-state index in [0.717, 1.165) is 35.5 Å². The average Bonchev–Trinajstić information content (AvgIpc) is 3.37. The van der Waals surface area contributed by atoms with Crippen LogP contribution in [0.25, 0.3) is 17.1 Å². The van der Waals surface area contributed by atoms with Gasteiger partial charge in [-0.2, -0.15) is 0 Å². The molecule has 1 aromatic carbocycles. The number of thioether (sulfide) groups is 1. The van der Waals surface area contributed by atoms with Crippen LogP contribution in [0.5, 0.6) is 0 Å². The van der Waals surface area contributed by atoms with Crippen molar-refractivity contribution in [2.24, 2.45) is 0 Å². The molecule has 0 spiro atoms. The van der Waals surface area contributed by atoms with Crippen LogP contribution in [-0.4, -0.2) is 37.5 Å². The van der Waals surface area contributed by atoms with E-state index < -0.39 is 0 Å². The summed E-state index contributed by atoms with van der Waals surface area (Å²) in [6.45, 7) is 2.06. The van der Waals surface area contributed by atoms with E-state index >= 15 is 0 Å². The molecule has 0 radical (unpaired) electrons. The molecule has 1 saturated carbocycles. The highest BCUT2D eigenvalue weighted by molar-refractivity contribution is 7.99. The minimum absolute atomic E-state index is 0.0548. The molecule has 1 aliphatic carbocycles. The zero-order valence-electron chi connectivity index (χ0n) is 15.8. The molecular weight excluding hydrogens is 370 g/mol. The molecule has 0 unspecified atom stereocenters. The largest absolute Gasteiger partial charge is 0.353 e. The Bertz CT molecular complexity index is 950. The number of para-hydroxylation sites is 1. The highest BCUT2D eigenvalue weighted by Crippen LogP contribution is 2.29. The number of benzene rings is 1. The number of rotatable bonds is 6. The van der Waals surface area contributed by atoms with Gasteiger partial charge in [-0.1, -0.05) is 42.8 Å². The number of hydrogen-bond acceptors (Lipinski definition) is 5. The van der Waals surface area contributed by atoms with Crippen molar-refractivity contribution >= 4 is 17.7 Å². The summed E-state index contributed by atoms with van der Waals surface area (Å²) in [5.74, 6) is 1.10. The van der Waals surface area contributed by atoms with Crippen LogP contribution in [0.2, 0.25) is 0 Å². The zero-order valence-corrected chi connectivity index (χ0v) is 16.7. The third kappa shape index (κ3) is 4.09. The summed E-state index contributed by atoms with van der Waals surface area (Å²) in [7, 11) is 0. The number of aryl methyl sites for hydroxylation is 1. The second-order valence-corrected chi connectivity index (χ2v) is 7.95. The van der Waals surface area contributed by atoms with Crippen LogP contribution in [0.3, 0.4) is 0 Å². The maximum absolute atomic E-state index is 12.4. The van der Waals surface area contributed by atoms with Crippen LogP contribution < -0.4 is 5.32 Å². The van der Waals surface area contributed by atoms with Crippen LogP contribution in [0.1, 0.15) is 31.2 Å². The molecule has 6 nitrogen and oxygen atoms in total. The number of pyridine rings is 1. The van der Waals surface area contributed by atoms with Gasteiger partial charge in [0.2, 0.25) is 5.91 Å². The van der Waals surface area contributed by atoms with Crippen molar-refractivity contribution in [3.05, 3.63) is 54.4 Å². The fourth-order valence-electron chi connectivity index (χ4n) is 3.55. The molecule has 4 rings (SSSR count). The minimum Gasteiger partial charge on any atom is -0.353 e. The third-order valence-corrected chi connectivity index (χ3v) is 5.89. The molecule has 3 aromatic rings. The Balaban J connectivity index is 1.61. The maximum Gasteiger partial charge on any atom is 0.230 e. The minimum atomic E-state index is 0.0548. The molecule has 1 N–H and O–H groups in total. The van der Waals surface area contributed by atoms with Gasteiger partial charge in [-0.15, -0.1) is 10.2 Å². The molecule has 2 aromatic heterocycles. The smallest absolute Gasteiger partial charge is 0.230 e. The molecule has 1 fully saturated rings. The Labute approximate surface area is 168 Å². The second-order valence-electron chi connectivity index (χ2n) is 7.01. The molecule has 7 heteroatoms. The lowest BCUT2D eigenvalue weighted by Gasteiger charge is -2.14. The summed E-state index contributed by atoms with van der Waals surface area (Å²) in [5.41, 5.74) is 3.01. The lowest BCUT2D eigenvalue weighted by molar-refractivity contribution is -0.119. The third-order valence-electron chi connectivity index (χ3n) is 4.96. The highest BCUT2D eigenvalue weighted by Gasteiger charge is 2.20. The molecule has 0 bridgehead atoms. The monoisotopic (exact) mass is 393 g/mol. The summed E-state index contributed by atoms with van der Waals surface area (Å²) in [5, 5.41) is 12.6. The van der Waals surface area contributed by atoms with Crippen LogP contribution in [-0.2, 0) is 4.79 Å². The fourth-order valence-corrected chi connectivity index (χ4v) is 4.30. The first-order valence-corrected chi connectivity index (χ1v) is 10.5. The lowest BCUT2D eigenvalue weighted by Crippen LogP contribution is -2.33. The van der Waals surface area contributed by atoms with E-state index in [1.807, 2.05) is 34.9 Å². The number of carbonyl (C=O) groups is 1. The number of aromatic nitrogens is 4. The summed E-state index contributed by atoms with van der Waals surface area (Å²) >= 11 is 1.41.